The molecule has 5 heteroatoms. The molecule has 1 unspecified atom stereocenters. The van der Waals surface area contributed by atoms with Crippen molar-refractivity contribution in [3.63, 3.8) is 0 Å². The summed E-state index contributed by atoms with van der Waals surface area (Å²) in [5.74, 6) is 1.08. The van der Waals surface area contributed by atoms with Crippen molar-refractivity contribution in [3.8, 4) is 5.75 Å². The van der Waals surface area contributed by atoms with Crippen LogP contribution in [0.3, 0.4) is 0 Å². The molecule has 0 bridgehead atoms. The maximum atomic E-state index is 12.2. The number of halogens is 1. The SMILES string of the molecule is COc1ccc(CS(=O)c2ccc(Br)cc2)cc1N. The summed E-state index contributed by atoms with van der Waals surface area (Å²) >= 11 is 3.36. The fraction of sp³-hybridized carbons (Fsp3) is 0.143. The smallest absolute Gasteiger partial charge is 0.141 e. The van der Waals surface area contributed by atoms with Gasteiger partial charge in [-0.25, -0.2) is 0 Å². The highest BCUT2D eigenvalue weighted by molar-refractivity contribution is 9.10. The Morgan fingerprint density at radius 1 is 1.21 bits per heavy atom. The Hall–Kier alpha value is -1.33. The quantitative estimate of drug-likeness (QED) is 0.869. The van der Waals surface area contributed by atoms with Crippen LogP contribution in [-0.2, 0) is 16.6 Å². The number of methoxy groups -OCH3 is 1. The molecule has 0 radical (unpaired) electrons. The van der Waals surface area contributed by atoms with Crippen LogP contribution < -0.4 is 10.5 Å². The summed E-state index contributed by atoms with van der Waals surface area (Å²) in [6.07, 6.45) is 0. The van der Waals surface area contributed by atoms with E-state index in [0.717, 1.165) is 14.9 Å². The zero-order valence-electron chi connectivity index (χ0n) is 10.4. The molecule has 3 nitrogen and oxygen atoms in total. The summed E-state index contributed by atoms with van der Waals surface area (Å²) in [5, 5.41) is 0. The normalized spacial score (nSPS) is 12.1. The lowest BCUT2D eigenvalue weighted by atomic mass is 10.2. The summed E-state index contributed by atoms with van der Waals surface area (Å²) in [5.41, 5.74) is 7.33. The number of anilines is 1. The predicted molar refractivity (Wildman–Crippen MR) is 81.7 cm³/mol. The highest BCUT2D eigenvalue weighted by Crippen LogP contribution is 2.23. The van der Waals surface area contributed by atoms with Gasteiger partial charge in [0.2, 0.25) is 0 Å². The third-order valence-corrected chi connectivity index (χ3v) is 4.59. The van der Waals surface area contributed by atoms with Crippen molar-refractivity contribution in [1.82, 2.24) is 0 Å². The third kappa shape index (κ3) is 3.58. The second-order valence-electron chi connectivity index (χ2n) is 4.02. The van der Waals surface area contributed by atoms with E-state index in [9.17, 15) is 4.21 Å². The maximum Gasteiger partial charge on any atom is 0.141 e. The lowest BCUT2D eigenvalue weighted by Gasteiger charge is -2.07. The number of hydrogen-bond donors (Lipinski definition) is 1. The summed E-state index contributed by atoms with van der Waals surface area (Å²) in [6.45, 7) is 0. The van der Waals surface area contributed by atoms with Crippen molar-refractivity contribution in [2.24, 2.45) is 0 Å². The van der Waals surface area contributed by atoms with Crippen molar-refractivity contribution in [1.29, 1.82) is 0 Å². The van der Waals surface area contributed by atoms with E-state index in [0.29, 0.717) is 17.2 Å². The minimum absolute atomic E-state index is 0.440. The molecule has 0 spiro atoms. The molecular weight excluding hydrogens is 326 g/mol. The topological polar surface area (TPSA) is 52.3 Å². The van der Waals surface area contributed by atoms with Crippen molar-refractivity contribution in [2.45, 2.75) is 10.6 Å². The highest BCUT2D eigenvalue weighted by Gasteiger charge is 2.07. The van der Waals surface area contributed by atoms with Gasteiger partial charge in [-0.15, -0.1) is 0 Å². The van der Waals surface area contributed by atoms with Crippen molar-refractivity contribution in [2.75, 3.05) is 12.8 Å². The molecule has 19 heavy (non-hydrogen) atoms. The highest BCUT2D eigenvalue weighted by atomic mass is 79.9. The molecule has 2 aromatic carbocycles. The van der Waals surface area contributed by atoms with Crippen LogP contribution in [0.1, 0.15) is 5.56 Å². The number of benzene rings is 2. The van der Waals surface area contributed by atoms with Gasteiger partial charge in [0.1, 0.15) is 5.75 Å². The Balaban J connectivity index is 2.14. The number of hydrogen-bond acceptors (Lipinski definition) is 3. The zero-order chi connectivity index (χ0) is 13.8. The molecule has 0 aliphatic rings. The molecule has 0 amide bonds. The van der Waals surface area contributed by atoms with Gasteiger partial charge in [0.15, 0.2) is 0 Å². The molecule has 0 heterocycles. The summed E-state index contributed by atoms with van der Waals surface area (Å²) in [7, 11) is 0.498. The Kier molecular flexibility index (Phi) is 4.61. The van der Waals surface area contributed by atoms with Gasteiger partial charge in [0, 0.05) is 9.37 Å². The van der Waals surface area contributed by atoms with E-state index in [4.69, 9.17) is 10.5 Å². The van der Waals surface area contributed by atoms with Crippen LogP contribution in [0.15, 0.2) is 51.8 Å². The average molecular weight is 340 g/mol. The minimum atomic E-state index is -1.08. The maximum absolute atomic E-state index is 12.2. The number of nitrogens with two attached hydrogens (primary N) is 1. The molecule has 0 saturated heterocycles. The molecule has 0 aliphatic heterocycles. The Labute approximate surface area is 123 Å². The van der Waals surface area contributed by atoms with Crippen molar-refractivity contribution >= 4 is 32.4 Å². The van der Waals surface area contributed by atoms with E-state index < -0.39 is 10.8 Å². The van der Waals surface area contributed by atoms with Crippen LogP contribution in [0, 0.1) is 0 Å². The molecule has 0 saturated carbocycles. The zero-order valence-corrected chi connectivity index (χ0v) is 12.8. The molecule has 2 rings (SSSR count). The van der Waals surface area contributed by atoms with Gasteiger partial charge in [0.25, 0.3) is 0 Å². The Morgan fingerprint density at radius 2 is 1.89 bits per heavy atom. The predicted octanol–water partition coefficient (Wildman–Crippen LogP) is 3.35. The molecule has 2 N–H and O–H groups in total. The number of nitrogen functional groups attached to an aromatic ring is 1. The summed E-state index contributed by atoms with van der Waals surface area (Å²) in [6, 6.07) is 13.0. The van der Waals surface area contributed by atoms with E-state index in [1.165, 1.54) is 0 Å². The first kappa shape index (κ1) is 14.1. The van der Waals surface area contributed by atoms with Gasteiger partial charge >= 0.3 is 0 Å². The first-order chi connectivity index (χ1) is 9.10. The van der Waals surface area contributed by atoms with E-state index >= 15 is 0 Å². The van der Waals surface area contributed by atoms with Crippen molar-refractivity contribution < 1.29 is 8.95 Å². The van der Waals surface area contributed by atoms with Crippen LogP contribution >= 0.6 is 15.9 Å². The van der Waals surface area contributed by atoms with Gasteiger partial charge in [-0.05, 0) is 42.0 Å². The van der Waals surface area contributed by atoms with Gasteiger partial charge in [-0.2, -0.15) is 0 Å². The summed E-state index contributed by atoms with van der Waals surface area (Å²) < 4.78 is 18.3. The largest absolute Gasteiger partial charge is 0.495 e. The molecule has 0 aliphatic carbocycles. The average Bonchev–Trinajstić information content (AvgIpc) is 2.39. The number of rotatable bonds is 4. The summed E-state index contributed by atoms with van der Waals surface area (Å²) in [4.78, 5) is 0.803. The van der Waals surface area contributed by atoms with Gasteiger partial charge < -0.3 is 10.5 Å². The molecule has 100 valence electrons. The van der Waals surface area contributed by atoms with E-state index in [1.807, 2.05) is 30.3 Å². The van der Waals surface area contributed by atoms with E-state index in [-0.39, 0.29) is 0 Å². The second kappa shape index (κ2) is 6.21. The standard InChI is InChI=1S/C14H14BrNO2S/c1-18-14-7-2-10(8-13(14)16)9-19(17)12-5-3-11(15)4-6-12/h2-8H,9,16H2,1H3. The van der Waals surface area contributed by atoms with Gasteiger partial charge in [-0.3, -0.25) is 4.21 Å². The van der Waals surface area contributed by atoms with Crippen LogP contribution in [0.4, 0.5) is 5.69 Å². The van der Waals surface area contributed by atoms with E-state index in [2.05, 4.69) is 15.9 Å². The molecule has 0 aromatic heterocycles. The van der Waals surface area contributed by atoms with Gasteiger partial charge in [-0.1, -0.05) is 22.0 Å². The monoisotopic (exact) mass is 339 g/mol. The lowest BCUT2D eigenvalue weighted by molar-refractivity contribution is 0.417. The lowest BCUT2D eigenvalue weighted by Crippen LogP contribution is -1.99. The fourth-order valence-corrected chi connectivity index (χ4v) is 3.05. The molecule has 1 atom stereocenters. The Bertz CT molecular complexity index is 599. The van der Waals surface area contributed by atoms with Crippen LogP contribution in [-0.4, -0.2) is 11.3 Å². The van der Waals surface area contributed by atoms with Crippen LogP contribution in [0.25, 0.3) is 0 Å². The Morgan fingerprint density at radius 3 is 2.47 bits per heavy atom. The van der Waals surface area contributed by atoms with Crippen LogP contribution in [0.5, 0.6) is 5.75 Å². The first-order valence-electron chi connectivity index (χ1n) is 5.66. The minimum Gasteiger partial charge on any atom is -0.495 e. The fourth-order valence-electron chi connectivity index (χ4n) is 1.69. The molecule has 0 fully saturated rings. The first-order valence-corrected chi connectivity index (χ1v) is 7.77. The van der Waals surface area contributed by atoms with E-state index in [1.54, 1.807) is 19.2 Å². The van der Waals surface area contributed by atoms with Crippen LogP contribution in [0.2, 0.25) is 0 Å². The third-order valence-electron chi connectivity index (χ3n) is 2.67. The molecule has 2 aromatic rings. The second-order valence-corrected chi connectivity index (χ2v) is 6.39. The molecular formula is C14H14BrNO2S. The number of ether oxygens (including phenoxy) is 1. The van der Waals surface area contributed by atoms with Gasteiger partial charge in [0.05, 0.1) is 29.3 Å². The van der Waals surface area contributed by atoms with Crippen molar-refractivity contribution in [3.05, 3.63) is 52.5 Å².